The molecule has 0 radical (unpaired) electrons. The van der Waals surface area contributed by atoms with Crippen LogP contribution in [0, 0.1) is 0 Å². The highest BCUT2D eigenvalue weighted by molar-refractivity contribution is 14.0. The number of hydrogen-bond donors (Lipinski definition) is 2. The van der Waals surface area contributed by atoms with Crippen molar-refractivity contribution in [2.75, 3.05) is 33.9 Å². The third-order valence-electron chi connectivity index (χ3n) is 5.91. The van der Waals surface area contributed by atoms with Gasteiger partial charge in [-0.1, -0.05) is 36.4 Å². The van der Waals surface area contributed by atoms with Gasteiger partial charge in [0, 0.05) is 38.8 Å². The molecule has 0 bridgehead atoms. The maximum Gasteiger partial charge on any atom is 0.191 e. The number of guanidine groups is 1. The lowest BCUT2D eigenvalue weighted by Crippen LogP contribution is -2.48. The molecule has 7 heteroatoms. The number of piperidine rings is 1. The standard InChI is InChI=1S/C25H36N4O2.HI/c1-5-31-24-17-20(11-12-23(24)30-4)18-27-25(26-3)28-22-13-15-29(16-14-22)19(2)21-9-7-6-8-10-21;/h6-12,17,19,22H,5,13-16,18H2,1-4H3,(H2,26,27,28);1H. The zero-order valence-electron chi connectivity index (χ0n) is 19.6. The summed E-state index contributed by atoms with van der Waals surface area (Å²) < 4.78 is 11.0. The SMILES string of the molecule is CCOc1cc(CNC(=NC)NC2CCN(C(C)c3ccccc3)CC2)ccc1OC.I. The van der Waals surface area contributed by atoms with Crippen molar-refractivity contribution in [3.63, 3.8) is 0 Å². The van der Waals surface area contributed by atoms with Gasteiger partial charge >= 0.3 is 0 Å². The van der Waals surface area contributed by atoms with Crippen molar-refractivity contribution < 1.29 is 9.47 Å². The van der Waals surface area contributed by atoms with E-state index in [0.717, 1.165) is 49.0 Å². The first-order chi connectivity index (χ1) is 15.1. The molecule has 2 aromatic carbocycles. The van der Waals surface area contributed by atoms with Crippen LogP contribution >= 0.6 is 24.0 Å². The number of likely N-dealkylation sites (tertiary alicyclic amines) is 1. The zero-order valence-corrected chi connectivity index (χ0v) is 22.0. The monoisotopic (exact) mass is 552 g/mol. The highest BCUT2D eigenvalue weighted by Gasteiger charge is 2.24. The first-order valence-electron chi connectivity index (χ1n) is 11.2. The average molecular weight is 553 g/mol. The van der Waals surface area contributed by atoms with E-state index in [4.69, 9.17) is 9.47 Å². The molecule has 1 heterocycles. The summed E-state index contributed by atoms with van der Waals surface area (Å²) in [5.74, 6) is 2.36. The number of nitrogens with one attached hydrogen (secondary N) is 2. The van der Waals surface area contributed by atoms with Crippen LogP contribution in [0.3, 0.4) is 0 Å². The van der Waals surface area contributed by atoms with Gasteiger partial charge in [-0.2, -0.15) is 0 Å². The summed E-state index contributed by atoms with van der Waals surface area (Å²) in [6.07, 6.45) is 2.21. The van der Waals surface area contributed by atoms with Crippen LogP contribution in [0.4, 0.5) is 0 Å². The molecule has 1 aliphatic rings. The van der Waals surface area contributed by atoms with Gasteiger partial charge in [0.25, 0.3) is 0 Å². The van der Waals surface area contributed by atoms with Crippen molar-refractivity contribution in [3.05, 3.63) is 59.7 Å². The Kier molecular flexibility index (Phi) is 11.1. The second-order valence-electron chi connectivity index (χ2n) is 7.89. The molecule has 1 unspecified atom stereocenters. The van der Waals surface area contributed by atoms with E-state index < -0.39 is 0 Å². The van der Waals surface area contributed by atoms with E-state index in [1.807, 2.05) is 32.2 Å². The summed E-state index contributed by atoms with van der Waals surface area (Å²) in [7, 11) is 3.48. The van der Waals surface area contributed by atoms with Crippen LogP contribution in [0.1, 0.15) is 43.9 Å². The normalized spacial score (nSPS) is 16.1. The third-order valence-corrected chi connectivity index (χ3v) is 5.91. The van der Waals surface area contributed by atoms with Crippen LogP contribution in [0.25, 0.3) is 0 Å². The second-order valence-corrected chi connectivity index (χ2v) is 7.89. The molecule has 1 saturated heterocycles. The Bertz CT molecular complexity index is 839. The Hall–Kier alpha value is -2.00. The van der Waals surface area contributed by atoms with E-state index in [1.54, 1.807) is 7.11 Å². The average Bonchev–Trinajstić information content (AvgIpc) is 2.82. The van der Waals surface area contributed by atoms with E-state index in [1.165, 1.54) is 5.56 Å². The number of rotatable bonds is 8. The molecule has 0 amide bonds. The van der Waals surface area contributed by atoms with Crippen LogP contribution in [0.5, 0.6) is 11.5 Å². The van der Waals surface area contributed by atoms with Gasteiger partial charge in [0.05, 0.1) is 13.7 Å². The molecule has 0 aromatic heterocycles. The van der Waals surface area contributed by atoms with Crippen LogP contribution < -0.4 is 20.1 Å². The molecule has 32 heavy (non-hydrogen) atoms. The maximum absolute atomic E-state index is 5.68. The topological polar surface area (TPSA) is 58.1 Å². The fourth-order valence-corrected chi connectivity index (χ4v) is 4.05. The number of aliphatic imine (C=N–C) groups is 1. The Morgan fingerprint density at radius 2 is 1.84 bits per heavy atom. The van der Waals surface area contributed by atoms with Crippen molar-refractivity contribution in [2.45, 2.75) is 45.3 Å². The van der Waals surface area contributed by atoms with E-state index in [9.17, 15) is 0 Å². The minimum Gasteiger partial charge on any atom is -0.493 e. The summed E-state index contributed by atoms with van der Waals surface area (Å²) in [6, 6.07) is 17.7. The molecule has 6 nitrogen and oxygen atoms in total. The van der Waals surface area contributed by atoms with E-state index >= 15 is 0 Å². The molecule has 2 aromatic rings. The fourth-order valence-electron chi connectivity index (χ4n) is 4.05. The van der Waals surface area contributed by atoms with Crippen molar-refractivity contribution in [2.24, 2.45) is 4.99 Å². The predicted molar refractivity (Wildman–Crippen MR) is 142 cm³/mol. The molecule has 1 atom stereocenters. The van der Waals surface area contributed by atoms with Gasteiger partial charge in [-0.05, 0) is 49.9 Å². The lowest BCUT2D eigenvalue weighted by atomic mass is 10.0. The first kappa shape index (κ1) is 26.3. The molecule has 0 spiro atoms. The molecule has 176 valence electrons. The molecule has 0 saturated carbocycles. The Morgan fingerprint density at radius 1 is 1.12 bits per heavy atom. The summed E-state index contributed by atoms with van der Waals surface area (Å²) in [5.41, 5.74) is 2.51. The minimum atomic E-state index is 0. The summed E-state index contributed by atoms with van der Waals surface area (Å²) in [4.78, 5) is 6.98. The largest absolute Gasteiger partial charge is 0.493 e. The number of hydrogen-bond acceptors (Lipinski definition) is 4. The van der Waals surface area contributed by atoms with Crippen LogP contribution in [-0.2, 0) is 6.54 Å². The van der Waals surface area contributed by atoms with Crippen LogP contribution in [-0.4, -0.2) is 50.8 Å². The van der Waals surface area contributed by atoms with E-state index in [2.05, 4.69) is 57.8 Å². The van der Waals surface area contributed by atoms with Gasteiger partial charge in [0.1, 0.15) is 0 Å². The number of ether oxygens (including phenoxy) is 2. The van der Waals surface area contributed by atoms with Gasteiger partial charge in [-0.25, -0.2) is 0 Å². The zero-order chi connectivity index (χ0) is 22.1. The lowest BCUT2D eigenvalue weighted by Gasteiger charge is -2.37. The van der Waals surface area contributed by atoms with Gasteiger partial charge in [0.2, 0.25) is 0 Å². The Morgan fingerprint density at radius 3 is 2.47 bits per heavy atom. The molecule has 0 aliphatic carbocycles. The lowest BCUT2D eigenvalue weighted by molar-refractivity contribution is 0.158. The highest BCUT2D eigenvalue weighted by atomic mass is 127. The van der Waals surface area contributed by atoms with Gasteiger partial charge in [-0.3, -0.25) is 9.89 Å². The minimum absolute atomic E-state index is 0. The predicted octanol–water partition coefficient (Wildman–Crippen LogP) is 4.60. The van der Waals surface area contributed by atoms with Crippen LogP contribution in [0.2, 0.25) is 0 Å². The van der Waals surface area contributed by atoms with Crippen LogP contribution in [0.15, 0.2) is 53.5 Å². The number of benzene rings is 2. The van der Waals surface area contributed by atoms with Crippen molar-refractivity contribution in [1.82, 2.24) is 15.5 Å². The number of methoxy groups -OCH3 is 1. The second kappa shape index (κ2) is 13.5. The molecular formula is C25H37IN4O2. The fraction of sp³-hybridized carbons (Fsp3) is 0.480. The van der Waals surface area contributed by atoms with Gasteiger partial charge < -0.3 is 20.1 Å². The molecular weight excluding hydrogens is 515 g/mol. The third kappa shape index (κ3) is 7.27. The summed E-state index contributed by atoms with van der Waals surface area (Å²) in [6.45, 7) is 7.73. The quantitative estimate of drug-likeness (QED) is 0.285. The van der Waals surface area contributed by atoms with E-state index in [0.29, 0.717) is 25.2 Å². The maximum atomic E-state index is 5.68. The van der Waals surface area contributed by atoms with Gasteiger partial charge in [-0.15, -0.1) is 24.0 Å². The van der Waals surface area contributed by atoms with Crippen molar-refractivity contribution in [3.8, 4) is 11.5 Å². The highest BCUT2D eigenvalue weighted by Crippen LogP contribution is 2.28. The summed E-state index contributed by atoms with van der Waals surface area (Å²) >= 11 is 0. The van der Waals surface area contributed by atoms with E-state index in [-0.39, 0.29) is 24.0 Å². The molecule has 1 fully saturated rings. The smallest absolute Gasteiger partial charge is 0.191 e. The molecule has 3 rings (SSSR count). The van der Waals surface area contributed by atoms with Gasteiger partial charge in [0.15, 0.2) is 17.5 Å². The van der Waals surface area contributed by atoms with Crippen molar-refractivity contribution in [1.29, 1.82) is 0 Å². The number of nitrogens with zero attached hydrogens (tertiary/aromatic N) is 2. The summed E-state index contributed by atoms with van der Waals surface area (Å²) in [5, 5.41) is 7.02. The van der Waals surface area contributed by atoms with Crippen molar-refractivity contribution >= 4 is 29.9 Å². The molecule has 1 aliphatic heterocycles. The molecule has 2 N–H and O–H groups in total. The number of halogens is 1. The first-order valence-corrected chi connectivity index (χ1v) is 11.2. The Balaban J connectivity index is 0.00000363. The Labute approximate surface area is 209 Å².